The SMILES string of the molecule is CC(C)(CCO)CNC(=O)CCn1cnc2ccccc2c1=O. The van der Waals surface area contributed by atoms with Crippen molar-refractivity contribution in [3.05, 3.63) is 40.9 Å². The maximum atomic E-state index is 12.3. The Kier molecular flexibility index (Phi) is 5.50. The molecule has 0 unspecified atom stereocenters. The summed E-state index contributed by atoms with van der Waals surface area (Å²) in [5, 5.41) is 12.4. The molecule has 23 heavy (non-hydrogen) atoms. The van der Waals surface area contributed by atoms with Crippen LogP contribution in [0.15, 0.2) is 35.4 Å². The van der Waals surface area contributed by atoms with Crippen LogP contribution in [0.2, 0.25) is 0 Å². The van der Waals surface area contributed by atoms with Crippen molar-refractivity contribution in [2.24, 2.45) is 5.41 Å². The van der Waals surface area contributed by atoms with E-state index < -0.39 is 0 Å². The van der Waals surface area contributed by atoms with Crippen molar-refractivity contribution >= 4 is 16.8 Å². The molecule has 0 aliphatic heterocycles. The zero-order valence-corrected chi connectivity index (χ0v) is 13.6. The van der Waals surface area contributed by atoms with Crippen LogP contribution in [0.25, 0.3) is 10.9 Å². The molecular weight excluding hydrogens is 294 g/mol. The number of rotatable bonds is 7. The molecule has 0 fully saturated rings. The predicted octanol–water partition coefficient (Wildman–Crippen LogP) is 1.31. The lowest BCUT2D eigenvalue weighted by molar-refractivity contribution is -0.121. The maximum absolute atomic E-state index is 12.3. The first kappa shape index (κ1) is 17.1. The molecule has 1 heterocycles. The van der Waals surface area contributed by atoms with Gasteiger partial charge in [0.15, 0.2) is 0 Å². The monoisotopic (exact) mass is 317 g/mol. The lowest BCUT2D eigenvalue weighted by Crippen LogP contribution is -2.35. The van der Waals surface area contributed by atoms with Crippen LogP contribution in [0.3, 0.4) is 0 Å². The van der Waals surface area contributed by atoms with Crippen LogP contribution < -0.4 is 10.9 Å². The third-order valence-electron chi connectivity index (χ3n) is 3.86. The van der Waals surface area contributed by atoms with Crippen molar-refractivity contribution < 1.29 is 9.90 Å². The molecule has 0 aliphatic carbocycles. The van der Waals surface area contributed by atoms with Crippen LogP contribution in [-0.4, -0.2) is 33.7 Å². The summed E-state index contributed by atoms with van der Waals surface area (Å²) in [4.78, 5) is 28.5. The number of carbonyl (C=O) groups is 1. The van der Waals surface area contributed by atoms with Crippen molar-refractivity contribution in [1.29, 1.82) is 0 Å². The molecule has 0 bridgehead atoms. The number of benzene rings is 1. The third-order valence-corrected chi connectivity index (χ3v) is 3.86. The molecule has 2 aromatic rings. The van der Waals surface area contributed by atoms with Crippen molar-refractivity contribution in [1.82, 2.24) is 14.9 Å². The number of hydrogen-bond donors (Lipinski definition) is 2. The Bertz CT molecular complexity index is 737. The Morgan fingerprint density at radius 3 is 2.83 bits per heavy atom. The van der Waals surface area contributed by atoms with Gasteiger partial charge in [0.25, 0.3) is 5.56 Å². The molecule has 0 spiro atoms. The number of nitrogens with one attached hydrogen (secondary N) is 1. The number of para-hydroxylation sites is 1. The fraction of sp³-hybridized carbons (Fsp3) is 0.471. The molecule has 0 atom stereocenters. The Hall–Kier alpha value is -2.21. The highest BCUT2D eigenvalue weighted by Gasteiger charge is 2.18. The molecular formula is C17H23N3O3. The predicted molar refractivity (Wildman–Crippen MR) is 89.1 cm³/mol. The minimum absolute atomic E-state index is 0.0982. The Morgan fingerprint density at radius 1 is 1.35 bits per heavy atom. The van der Waals surface area contributed by atoms with Gasteiger partial charge in [0.2, 0.25) is 5.91 Å². The van der Waals surface area contributed by atoms with E-state index in [1.807, 2.05) is 19.9 Å². The normalized spacial score (nSPS) is 11.6. The van der Waals surface area contributed by atoms with Gasteiger partial charge in [-0.05, 0) is 24.0 Å². The van der Waals surface area contributed by atoms with Gasteiger partial charge in [-0.3, -0.25) is 14.2 Å². The summed E-state index contributed by atoms with van der Waals surface area (Å²) in [6.45, 7) is 4.86. The maximum Gasteiger partial charge on any atom is 0.261 e. The molecule has 0 saturated carbocycles. The number of carbonyl (C=O) groups excluding carboxylic acids is 1. The number of amides is 1. The van der Waals surface area contributed by atoms with E-state index in [0.717, 1.165) is 0 Å². The fourth-order valence-electron chi connectivity index (χ4n) is 2.30. The van der Waals surface area contributed by atoms with Crippen molar-refractivity contribution in [3.63, 3.8) is 0 Å². The number of aryl methyl sites for hydroxylation is 1. The summed E-state index contributed by atoms with van der Waals surface area (Å²) >= 11 is 0. The zero-order valence-electron chi connectivity index (χ0n) is 13.6. The Balaban J connectivity index is 1.95. The van der Waals surface area contributed by atoms with E-state index in [4.69, 9.17) is 5.11 Å². The van der Waals surface area contributed by atoms with Crippen molar-refractivity contribution in [2.75, 3.05) is 13.2 Å². The smallest absolute Gasteiger partial charge is 0.261 e. The van der Waals surface area contributed by atoms with Gasteiger partial charge in [-0.15, -0.1) is 0 Å². The lowest BCUT2D eigenvalue weighted by atomic mass is 9.90. The number of hydrogen-bond acceptors (Lipinski definition) is 4. The summed E-state index contributed by atoms with van der Waals surface area (Å²) in [7, 11) is 0. The minimum atomic E-state index is -0.147. The van der Waals surface area contributed by atoms with E-state index in [9.17, 15) is 9.59 Å². The first-order valence-electron chi connectivity index (χ1n) is 7.75. The molecule has 2 rings (SSSR count). The van der Waals surface area contributed by atoms with Crippen molar-refractivity contribution in [3.8, 4) is 0 Å². The number of aliphatic hydroxyl groups excluding tert-OH is 1. The highest BCUT2D eigenvalue weighted by molar-refractivity contribution is 5.77. The van der Waals surface area contributed by atoms with Gasteiger partial charge in [0.1, 0.15) is 0 Å². The van der Waals surface area contributed by atoms with Crippen molar-refractivity contribution in [2.45, 2.75) is 33.2 Å². The van der Waals surface area contributed by atoms with E-state index in [-0.39, 0.29) is 29.9 Å². The molecule has 1 aromatic heterocycles. The second kappa shape index (κ2) is 7.37. The number of fused-ring (bicyclic) bond motifs is 1. The molecule has 0 aliphatic rings. The first-order valence-corrected chi connectivity index (χ1v) is 7.75. The van der Waals surface area contributed by atoms with E-state index in [1.165, 1.54) is 10.9 Å². The third kappa shape index (κ3) is 4.63. The zero-order chi connectivity index (χ0) is 16.9. The summed E-state index contributed by atoms with van der Waals surface area (Å²) in [6, 6.07) is 7.15. The van der Waals surface area contributed by atoms with Gasteiger partial charge >= 0.3 is 0 Å². The Morgan fingerprint density at radius 2 is 2.09 bits per heavy atom. The molecule has 0 radical (unpaired) electrons. The minimum Gasteiger partial charge on any atom is -0.396 e. The van der Waals surface area contributed by atoms with Gasteiger partial charge < -0.3 is 10.4 Å². The van der Waals surface area contributed by atoms with Crippen LogP contribution in [0.1, 0.15) is 26.7 Å². The number of aliphatic hydroxyl groups is 1. The summed E-state index contributed by atoms with van der Waals surface area (Å²) in [6.07, 6.45) is 2.32. The van der Waals surface area contributed by atoms with Gasteiger partial charge in [0.05, 0.1) is 17.2 Å². The van der Waals surface area contributed by atoms with E-state index in [0.29, 0.717) is 30.4 Å². The summed E-state index contributed by atoms with van der Waals surface area (Å²) in [5.41, 5.74) is 0.374. The largest absolute Gasteiger partial charge is 0.396 e. The topological polar surface area (TPSA) is 84.2 Å². The van der Waals surface area contributed by atoms with Crippen LogP contribution in [0.4, 0.5) is 0 Å². The lowest BCUT2D eigenvalue weighted by Gasteiger charge is -2.23. The highest BCUT2D eigenvalue weighted by Crippen LogP contribution is 2.17. The average molecular weight is 317 g/mol. The standard InChI is InChI=1S/C17H23N3O3/c1-17(2,8-10-21)11-18-15(22)7-9-20-12-19-14-6-4-3-5-13(14)16(20)23/h3-6,12,21H,7-11H2,1-2H3,(H,18,22). The first-order chi connectivity index (χ1) is 10.9. The van der Waals surface area contributed by atoms with Crippen LogP contribution >= 0.6 is 0 Å². The molecule has 6 nitrogen and oxygen atoms in total. The fourth-order valence-corrected chi connectivity index (χ4v) is 2.30. The molecule has 0 saturated heterocycles. The highest BCUT2D eigenvalue weighted by atomic mass is 16.3. The molecule has 1 amide bonds. The molecule has 2 N–H and O–H groups in total. The number of aromatic nitrogens is 2. The second-order valence-corrected chi connectivity index (χ2v) is 6.42. The summed E-state index contributed by atoms with van der Waals surface area (Å²) in [5.74, 6) is -0.115. The molecule has 6 heteroatoms. The van der Waals surface area contributed by atoms with Crippen LogP contribution in [0, 0.1) is 5.41 Å². The van der Waals surface area contributed by atoms with E-state index >= 15 is 0 Å². The second-order valence-electron chi connectivity index (χ2n) is 6.42. The Labute approximate surface area is 135 Å². The van der Waals surface area contributed by atoms with Gasteiger partial charge in [-0.1, -0.05) is 26.0 Å². The van der Waals surface area contributed by atoms with Crippen LogP contribution in [-0.2, 0) is 11.3 Å². The average Bonchev–Trinajstić information content (AvgIpc) is 2.53. The quantitative estimate of drug-likeness (QED) is 0.806. The molecule has 1 aromatic carbocycles. The van der Waals surface area contributed by atoms with Gasteiger partial charge in [-0.25, -0.2) is 4.98 Å². The van der Waals surface area contributed by atoms with E-state index in [2.05, 4.69) is 10.3 Å². The molecule has 124 valence electrons. The van der Waals surface area contributed by atoms with E-state index in [1.54, 1.807) is 18.2 Å². The van der Waals surface area contributed by atoms with Crippen LogP contribution in [0.5, 0.6) is 0 Å². The van der Waals surface area contributed by atoms with Gasteiger partial charge in [-0.2, -0.15) is 0 Å². The summed E-state index contributed by atoms with van der Waals surface area (Å²) < 4.78 is 1.46. The number of nitrogens with zero attached hydrogens (tertiary/aromatic N) is 2. The van der Waals surface area contributed by atoms with Gasteiger partial charge in [0, 0.05) is 26.1 Å².